The Hall–Kier alpha value is -6.18. The average Bonchev–Trinajstić information content (AvgIpc) is 3.53. The molecule has 1 unspecified atom stereocenters. The average molecular weight is 650 g/mol. The molecule has 0 radical (unpaired) electrons. The molecule has 11 rings (SSSR count). The minimum absolute atomic E-state index is 0.178. The first kappa shape index (κ1) is 28.6. The Morgan fingerprint density at radius 3 is 1.76 bits per heavy atom. The minimum atomic E-state index is -0.497. The van der Waals surface area contributed by atoms with E-state index in [0.717, 1.165) is 0 Å². The van der Waals surface area contributed by atoms with Gasteiger partial charge in [-0.15, -0.1) is 0 Å². The van der Waals surface area contributed by atoms with Crippen LogP contribution in [0.25, 0.3) is 60.5 Å². The highest BCUT2D eigenvalue weighted by atomic mass is 15.0. The molecular weight excluding hydrogens is 615 g/mol. The summed E-state index contributed by atoms with van der Waals surface area (Å²) in [4.78, 5) is 0. The number of hydrogen-bond acceptors (Lipinski definition) is 0. The Labute approximate surface area is 298 Å². The number of fused-ring (bicyclic) bond motifs is 12. The van der Waals surface area contributed by atoms with E-state index in [0.29, 0.717) is 0 Å². The van der Waals surface area contributed by atoms with E-state index in [2.05, 4.69) is 194 Å². The maximum absolute atomic E-state index is 2.53. The number of benzene rings is 8. The number of nitrogens with zero attached hydrogens (tertiary/aromatic N) is 1. The Kier molecular flexibility index (Phi) is 5.72. The molecule has 0 N–H and O–H groups in total. The van der Waals surface area contributed by atoms with Crippen molar-refractivity contribution >= 4 is 32.6 Å². The van der Waals surface area contributed by atoms with Gasteiger partial charge in [0, 0.05) is 16.2 Å². The number of aromatic nitrogens is 1. The zero-order chi connectivity index (χ0) is 33.9. The highest BCUT2D eigenvalue weighted by Gasteiger charge is 2.52. The molecule has 240 valence electrons. The van der Waals surface area contributed by atoms with Gasteiger partial charge in [0.1, 0.15) is 0 Å². The van der Waals surface area contributed by atoms with Crippen molar-refractivity contribution in [2.75, 3.05) is 0 Å². The normalized spacial score (nSPS) is 16.7. The molecule has 1 atom stereocenters. The van der Waals surface area contributed by atoms with Gasteiger partial charge in [0.05, 0.1) is 22.1 Å². The van der Waals surface area contributed by atoms with Gasteiger partial charge in [0.25, 0.3) is 0 Å². The molecule has 9 aromatic rings. The maximum atomic E-state index is 2.53. The second kappa shape index (κ2) is 10.2. The van der Waals surface area contributed by atoms with Crippen molar-refractivity contribution in [1.82, 2.24) is 4.57 Å². The van der Waals surface area contributed by atoms with Gasteiger partial charge in [-0.05, 0) is 90.7 Å². The monoisotopic (exact) mass is 649 g/mol. The van der Waals surface area contributed by atoms with Gasteiger partial charge >= 0.3 is 0 Å². The van der Waals surface area contributed by atoms with Crippen LogP contribution in [0.1, 0.15) is 47.2 Å². The molecule has 0 bridgehead atoms. The van der Waals surface area contributed by atoms with E-state index in [1.165, 1.54) is 93.9 Å². The first-order valence-corrected chi connectivity index (χ1v) is 18.0. The Balaban J connectivity index is 1.19. The largest absolute Gasteiger partial charge is 0.309 e. The molecule has 8 aromatic carbocycles. The third kappa shape index (κ3) is 3.71. The van der Waals surface area contributed by atoms with Crippen LogP contribution in [0.5, 0.6) is 0 Å². The van der Waals surface area contributed by atoms with Gasteiger partial charge in [-0.3, -0.25) is 0 Å². The standard InChI is InChI=1S/C50H35N/c1-49(2)40-16-6-7-17-42(40)50(43-18-8-10-21-47(43)51-46-20-9-5-14-38(46)39-15-11-19-44(50)48(39)51)45-31-37(28-29-41(45)49)34-24-22-33(23-25-34)36-27-26-32-12-3-4-13-35(32)30-36/h3-31H,1-2H3. The molecule has 1 nitrogen and oxygen atoms in total. The lowest BCUT2D eigenvalue weighted by Crippen LogP contribution is -2.44. The molecule has 2 aliphatic rings. The Morgan fingerprint density at radius 2 is 0.941 bits per heavy atom. The molecule has 0 amide bonds. The highest BCUT2D eigenvalue weighted by molar-refractivity contribution is 6.12. The van der Waals surface area contributed by atoms with Crippen LogP contribution in [0, 0.1) is 0 Å². The zero-order valence-corrected chi connectivity index (χ0v) is 28.7. The molecule has 0 saturated heterocycles. The van der Waals surface area contributed by atoms with Crippen LogP contribution in [0.3, 0.4) is 0 Å². The van der Waals surface area contributed by atoms with Crippen LogP contribution in [-0.4, -0.2) is 4.57 Å². The summed E-state index contributed by atoms with van der Waals surface area (Å²) in [7, 11) is 0. The van der Waals surface area contributed by atoms with Crippen LogP contribution in [-0.2, 0) is 10.8 Å². The van der Waals surface area contributed by atoms with E-state index in [1.54, 1.807) is 0 Å². The summed E-state index contributed by atoms with van der Waals surface area (Å²) >= 11 is 0. The van der Waals surface area contributed by atoms with Gasteiger partial charge in [0.2, 0.25) is 0 Å². The van der Waals surface area contributed by atoms with Crippen molar-refractivity contribution in [1.29, 1.82) is 0 Å². The molecule has 1 aromatic heterocycles. The van der Waals surface area contributed by atoms with Crippen LogP contribution in [0.4, 0.5) is 0 Å². The number of para-hydroxylation sites is 3. The summed E-state index contributed by atoms with van der Waals surface area (Å²) in [6, 6.07) is 66.1. The van der Waals surface area contributed by atoms with Crippen molar-refractivity contribution in [3.05, 3.63) is 209 Å². The fourth-order valence-corrected chi connectivity index (χ4v) is 9.73. The van der Waals surface area contributed by atoms with Crippen LogP contribution in [0.2, 0.25) is 0 Å². The molecule has 1 heteroatoms. The summed E-state index contributed by atoms with van der Waals surface area (Å²) in [5.41, 5.74) is 16.3. The summed E-state index contributed by atoms with van der Waals surface area (Å²) in [6.45, 7) is 4.81. The van der Waals surface area contributed by atoms with Crippen molar-refractivity contribution < 1.29 is 0 Å². The molecule has 1 aliphatic heterocycles. The third-order valence-electron chi connectivity index (χ3n) is 12.1. The quantitative estimate of drug-likeness (QED) is 0.176. The molecule has 51 heavy (non-hydrogen) atoms. The van der Waals surface area contributed by atoms with E-state index in [4.69, 9.17) is 0 Å². The number of hydrogen-bond donors (Lipinski definition) is 0. The summed E-state index contributed by atoms with van der Waals surface area (Å²) in [6.07, 6.45) is 0. The summed E-state index contributed by atoms with van der Waals surface area (Å²) in [5.74, 6) is 0. The second-order valence-corrected chi connectivity index (χ2v) is 14.9. The van der Waals surface area contributed by atoms with Crippen LogP contribution >= 0.6 is 0 Å². The highest BCUT2D eigenvalue weighted by Crippen LogP contribution is 2.60. The fraction of sp³-hybridized carbons (Fsp3) is 0.0800. The lowest BCUT2D eigenvalue weighted by molar-refractivity contribution is 0.556. The first-order valence-electron chi connectivity index (χ1n) is 18.0. The predicted molar refractivity (Wildman–Crippen MR) is 213 cm³/mol. The molecule has 2 heterocycles. The lowest BCUT2D eigenvalue weighted by Gasteiger charge is -2.50. The van der Waals surface area contributed by atoms with E-state index in [9.17, 15) is 0 Å². The van der Waals surface area contributed by atoms with Crippen molar-refractivity contribution in [3.8, 4) is 27.9 Å². The van der Waals surface area contributed by atoms with Gasteiger partial charge in [-0.2, -0.15) is 0 Å². The van der Waals surface area contributed by atoms with Crippen molar-refractivity contribution in [3.63, 3.8) is 0 Å². The fourth-order valence-electron chi connectivity index (χ4n) is 9.73. The minimum Gasteiger partial charge on any atom is -0.309 e. The predicted octanol–water partition coefficient (Wildman–Crippen LogP) is 12.6. The van der Waals surface area contributed by atoms with Crippen LogP contribution in [0.15, 0.2) is 176 Å². The van der Waals surface area contributed by atoms with Crippen molar-refractivity contribution in [2.45, 2.75) is 24.7 Å². The Morgan fingerprint density at radius 1 is 0.373 bits per heavy atom. The van der Waals surface area contributed by atoms with E-state index < -0.39 is 5.41 Å². The SMILES string of the molecule is CC1(C)c2ccccc2C2(c3ccccc3-n3c4ccccc4c4cccc2c43)c2cc(-c3ccc(-c4ccc5ccccc5c4)cc3)ccc21. The van der Waals surface area contributed by atoms with E-state index in [-0.39, 0.29) is 5.41 Å². The molecular formula is C50H35N. The topological polar surface area (TPSA) is 4.93 Å². The van der Waals surface area contributed by atoms with Crippen LogP contribution < -0.4 is 0 Å². The van der Waals surface area contributed by atoms with Gasteiger partial charge < -0.3 is 4.57 Å². The van der Waals surface area contributed by atoms with Gasteiger partial charge in [0.15, 0.2) is 0 Å². The number of rotatable bonds is 2. The summed E-state index contributed by atoms with van der Waals surface area (Å²) < 4.78 is 2.53. The molecule has 0 fully saturated rings. The van der Waals surface area contributed by atoms with Crippen molar-refractivity contribution in [2.24, 2.45) is 0 Å². The van der Waals surface area contributed by atoms with E-state index in [1.807, 2.05) is 0 Å². The lowest BCUT2D eigenvalue weighted by atomic mass is 9.53. The maximum Gasteiger partial charge on any atom is 0.0748 e. The third-order valence-corrected chi connectivity index (χ3v) is 12.1. The Bertz CT molecular complexity index is 2880. The van der Waals surface area contributed by atoms with E-state index >= 15 is 0 Å². The first-order chi connectivity index (χ1) is 25.0. The second-order valence-electron chi connectivity index (χ2n) is 14.9. The van der Waals surface area contributed by atoms with Gasteiger partial charge in [-0.1, -0.05) is 166 Å². The molecule has 0 saturated carbocycles. The smallest absolute Gasteiger partial charge is 0.0748 e. The zero-order valence-electron chi connectivity index (χ0n) is 28.7. The summed E-state index contributed by atoms with van der Waals surface area (Å²) in [5, 5.41) is 5.14. The molecule has 1 spiro atoms. The van der Waals surface area contributed by atoms with Gasteiger partial charge in [-0.25, -0.2) is 0 Å². The molecule has 1 aliphatic carbocycles.